The van der Waals surface area contributed by atoms with Gasteiger partial charge in [-0.3, -0.25) is 9.59 Å². The quantitative estimate of drug-likeness (QED) is 0.542. The van der Waals surface area contributed by atoms with E-state index < -0.39 is 6.04 Å². The van der Waals surface area contributed by atoms with E-state index in [-0.39, 0.29) is 25.0 Å². The molecule has 0 heterocycles. The summed E-state index contributed by atoms with van der Waals surface area (Å²) in [5, 5.41) is 2.64. The highest BCUT2D eigenvalue weighted by molar-refractivity contribution is 14.1. The van der Waals surface area contributed by atoms with Crippen LogP contribution in [0, 0.1) is 3.57 Å². The maximum absolute atomic E-state index is 13.0. The van der Waals surface area contributed by atoms with E-state index in [4.69, 9.17) is 9.47 Å². The van der Waals surface area contributed by atoms with Gasteiger partial charge in [-0.05, 0) is 71.0 Å². The molecule has 1 unspecified atom stereocenters. The van der Waals surface area contributed by atoms with Gasteiger partial charge in [0.15, 0.2) is 6.61 Å². The van der Waals surface area contributed by atoms with Crippen LogP contribution in [0.15, 0.2) is 48.5 Å². The van der Waals surface area contributed by atoms with Crippen LogP contribution in [-0.2, 0) is 16.1 Å². The Morgan fingerprint density at radius 1 is 1.14 bits per heavy atom. The molecule has 2 aromatic rings. The lowest BCUT2D eigenvalue weighted by Crippen LogP contribution is -2.49. The van der Waals surface area contributed by atoms with Gasteiger partial charge in [0, 0.05) is 17.2 Å². The molecule has 0 aliphatic heterocycles. The Kier molecular flexibility index (Phi) is 8.56. The maximum atomic E-state index is 13.0. The second-order valence-electron chi connectivity index (χ2n) is 6.15. The molecule has 0 spiro atoms. The highest BCUT2D eigenvalue weighted by atomic mass is 127. The molecule has 2 rings (SSSR count). The molecule has 2 amide bonds. The number of likely N-dealkylation sites (N-methyl/N-ethyl adjacent to an activating group) is 1. The van der Waals surface area contributed by atoms with Gasteiger partial charge < -0.3 is 19.7 Å². The first-order valence-electron chi connectivity index (χ1n) is 9.00. The van der Waals surface area contributed by atoms with Crippen LogP contribution in [0.2, 0.25) is 0 Å². The van der Waals surface area contributed by atoms with E-state index in [1.807, 2.05) is 55.5 Å². The van der Waals surface area contributed by atoms with Crippen molar-refractivity contribution >= 4 is 34.4 Å². The average Bonchev–Trinajstić information content (AvgIpc) is 2.72. The van der Waals surface area contributed by atoms with E-state index in [1.54, 1.807) is 19.1 Å². The number of halogens is 1. The molecule has 0 fully saturated rings. The summed E-state index contributed by atoms with van der Waals surface area (Å²) in [5.74, 6) is 0.862. The number of rotatable bonds is 9. The van der Waals surface area contributed by atoms with Crippen molar-refractivity contribution < 1.29 is 19.1 Å². The van der Waals surface area contributed by atoms with Crippen molar-refractivity contribution in [2.24, 2.45) is 0 Å². The number of methoxy groups -OCH3 is 1. The predicted octanol–water partition coefficient (Wildman–Crippen LogP) is 3.23. The number of nitrogens with zero attached hydrogens (tertiary/aromatic N) is 1. The molecule has 0 saturated heterocycles. The van der Waals surface area contributed by atoms with E-state index >= 15 is 0 Å². The normalized spacial score (nSPS) is 11.4. The topological polar surface area (TPSA) is 67.9 Å². The summed E-state index contributed by atoms with van der Waals surface area (Å²) in [4.78, 5) is 26.8. The first-order valence-corrected chi connectivity index (χ1v) is 10.1. The number of hydrogen-bond donors (Lipinski definition) is 1. The van der Waals surface area contributed by atoms with Gasteiger partial charge >= 0.3 is 0 Å². The van der Waals surface area contributed by atoms with Gasteiger partial charge in [0.25, 0.3) is 5.91 Å². The SMILES string of the molecule is CCC(C(=O)NC)N(Cc1cccc(OC)c1)C(=O)COc1ccc(I)cc1. The Hall–Kier alpha value is -2.29. The van der Waals surface area contributed by atoms with E-state index in [2.05, 4.69) is 27.9 Å². The first-order chi connectivity index (χ1) is 13.5. The lowest BCUT2D eigenvalue weighted by molar-refractivity contribution is -0.142. The number of ether oxygens (including phenoxy) is 2. The molecule has 28 heavy (non-hydrogen) atoms. The number of carbonyl (C=O) groups excluding carboxylic acids is 2. The molecule has 150 valence electrons. The third kappa shape index (κ3) is 6.12. The van der Waals surface area contributed by atoms with Crippen LogP contribution < -0.4 is 14.8 Å². The Morgan fingerprint density at radius 3 is 2.46 bits per heavy atom. The number of hydrogen-bond acceptors (Lipinski definition) is 4. The zero-order valence-corrected chi connectivity index (χ0v) is 18.4. The highest BCUT2D eigenvalue weighted by Gasteiger charge is 2.28. The molecule has 7 heteroatoms. The molecular weight excluding hydrogens is 471 g/mol. The summed E-state index contributed by atoms with van der Waals surface area (Å²) >= 11 is 2.21. The van der Waals surface area contributed by atoms with Crippen molar-refractivity contribution in [1.82, 2.24) is 10.2 Å². The standard InChI is InChI=1S/C21H25IN2O4/c1-4-19(21(26)23-2)24(13-15-6-5-7-18(12-15)27-3)20(25)14-28-17-10-8-16(22)9-11-17/h5-12,19H,4,13-14H2,1-3H3,(H,23,26). The molecule has 0 bridgehead atoms. The lowest BCUT2D eigenvalue weighted by Gasteiger charge is -2.30. The second kappa shape index (κ2) is 10.9. The van der Waals surface area contributed by atoms with Gasteiger partial charge in [0.1, 0.15) is 17.5 Å². The Balaban J connectivity index is 2.19. The van der Waals surface area contributed by atoms with Crippen LogP contribution in [0.25, 0.3) is 0 Å². The van der Waals surface area contributed by atoms with E-state index in [0.717, 1.165) is 9.13 Å². The van der Waals surface area contributed by atoms with Crippen LogP contribution >= 0.6 is 22.6 Å². The van der Waals surface area contributed by atoms with Crippen molar-refractivity contribution in [3.05, 3.63) is 57.7 Å². The van der Waals surface area contributed by atoms with Crippen molar-refractivity contribution in [1.29, 1.82) is 0 Å². The van der Waals surface area contributed by atoms with Crippen LogP contribution in [0.1, 0.15) is 18.9 Å². The van der Waals surface area contributed by atoms with Crippen molar-refractivity contribution in [3.63, 3.8) is 0 Å². The van der Waals surface area contributed by atoms with Crippen LogP contribution in [0.4, 0.5) is 0 Å². The first kappa shape index (κ1) is 22.0. The predicted molar refractivity (Wildman–Crippen MR) is 116 cm³/mol. The fraction of sp³-hybridized carbons (Fsp3) is 0.333. The fourth-order valence-corrected chi connectivity index (χ4v) is 3.17. The smallest absolute Gasteiger partial charge is 0.261 e. The summed E-state index contributed by atoms with van der Waals surface area (Å²) < 4.78 is 12.0. The van der Waals surface area contributed by atoms with Gasteiger partial charge in [-0.15, -0.1) is 0 Å². The van der Waals surface area contributed by atoms with E-state index in [9.17, 15) is 9.59 Å². The monoisotopic (exact) mass is 496 g/mol. The van der Waals surface area contributed by atoms with Crippen molar-refractivity contribution in [2.75, 3.05) is 20.8 Å². The van der Waals surface area contributed by atoms with Gasteiger partial charge in [-0.2, -0.15) is 0 Å². The van der Waals surface area contributed by atoms with E-state index in [0.29, 0.717) is 17.9 Å². The average molecular weight is 496 g/mol. The minimum Gasteiger partial charge on any atom is -0.497 e. The largest absolute Gasteiger partial charge is 0.497 e. The van der Waals surface area contributed by atoms with E-state index in [1.165, 1.54) is 0 Å². The third-order valence-electron chi connectivity index (χ3n) is 4.30. The molecule has 0 aromatic heterocycles. The summed E-state index contributed by atoms with van der Waals surface area (Å²) in [5.41, 5.74) is 0.879. The summed E-state index contributed by atoms with van der Waals surface area (Å²) in [7, 11) is 3.16. The molecule has 0 aliphatic rings. The minimum absolute atomic E-state index is 0.141. The molecule has 0 radical (unpaired) electrons. The Bertz CT molecular complexity index is 795. The number of amides is 2. The molecule has 0 saturated carbocycles. The van der Waals surface area contributed by atoms with Crippen molar-refractivity contribution in [3.8, 4) is 11.5 Å². The molecule has 2 aromatic carbocycles. The zero-order chi connectivity index (χ0) is 20.5. The second-order valence-corrected chi connectivity index (χ2v) is 7.40. The number of benzene rings is 2. The van der Waals surface area contributed by atoms with Gasteiger partial charge in [-0.1, -0.05) is 19.1 Å². The molecular formula is C21H25IN2O4. The lowest BCUT2D eigenvalue weighted by atomic mass is 10.1. The van der Waals surface area contributed by atoms with Crippen molar-refractivity contribution in [2.45, 2.75) is 25.9 Å². The molecule has 1 atom stereocenters. The fourth-order valence-electron chi connectivity index (χ4n) is 2.81. The maximum Gasteiger partial charge on any atom is 0.261 e. The summed E-state index contributed by atoms with van der Waals surface area (Å²) in [6.07, 6.45) is 0.499. The summed E-state index contributed by atoms with van der Waals surface area (Å²) in [6.45, 7) is 2.03. The zero-order valence-electron chi connectivity index (χ0n) is 16.3. The Labute approximate surface area is 179 Å². The molecule has 1 N–H and O–H groups in total. The van der Waals surface area contributed by atoms with Crippen LogP contribution in [0.5, 0.6) is 11.5 Å². The van der Waals surface area contributed by atoms with Gasteiger partial charge in [0.2, 0.25) is 5.91 Å². The summed E-state index contributed by atoms with van der Waals surface area (Å²) in [6, 6.07) is 14.3. The number of nitrogens with one attached hydrogen (secondary N) is 1. The van der Waals surface area contributed by atoms with Crippen LogP contribution in [-0.4, -0.2) is 43.5 Å². The molecule has 6 nitrogen and oxygen atoms in total. The Morgan fingerprint density at radius 2 is 1.86 bits per heavy atom. The number of carbonyl (C=O) groups is 2. The molecule has 0 aliphatic carbocycles. The minimum atomic E-state index is -0.580. The van der Waals surface area contributed by atoms with Gasteiger partial charge in [-0.25, -0.2) is 0 Å². The van der Waals surface area contributed by atoms with Crippen LogP contribution in [0.3, 0.4) is 0 Å². The third-order valence-corrected chi connectivity index (χ3v) is 5.01. The van der Waals surface area contributed by atoms with Gasteiger partial charge in [0.05, 0.1) is 7.11 Å². The highest BCUT2D eigenvalue weighted by Crippen LogP contribution is 2.18.